The molecule has 0 aliphatic rings. The Morgan fingerprint density at radius 3 is 2.50 bits per heavy atom. The van der Waals surface area contributed by atoms with Crippen molar-refractivity contribution >= 4 is 0 Å². The van der Waals surface area contributed by atoms with Crippen LogP contribution < -0.4 is 0 Å². The molecule has 1 radical (unpaired) electrons. The molecule has 0 nitrogen and oxygen atoms in total. The molecule has 0 saturated heterocycles. The van der Waals surface area contributed by atoms with Crippen LogP contribution in [0.3, 0.4) is 0 Å². The van der Waals surface area contributed by atoms with Gasteiger partial charge in [0.05, 0.1) is 0 Å². The molecule has 77 valence electrons. The molecule has 0 heterocycles. The maximum absolute atomic E-state index is 3.06. The van der Waals surface area contributed by atoms with Crippen LogP contribution in [0.1, 0.15) is 57.4 Å². The zero-order valence-corrected chi connectivity index (χ0v) is 9.42. The van der Waals surface area contributed by atoms with E-state index >= 15 is 0 Å². The van der Waals surface area contributed by atoms with E-state index in [2.05, 4.69) is 32.0 Å². The third-order valence-electron chi connectivity index (χ3n) is 2.80. The summed E-state index contributed by atoms with van der Waals surface area (Å²) >= 11 is 0. The third-order valence-corrected chi connectivity index (χ3v) is 2.80. The average molecular weight is 189 g/mol. The summed E-state index contributed by atoms with van der Waals surface area (Å²) in [6, 6.07) is 11.5. The standard InChI is InChI=1S/C14H21/c1-3-4-5-7-10-13(2)14-11-8-6-9-12-14/h8-9,11-13H,3-5,7,10H2,1-2H3. The summed E-state index contributed by atoms with van der Waals surface area (Å²) in [7, 11) is 0. The molecule has 0 N–H and O–H groups in total. The molecule has 0 aromatic heterocycles. The molecule has 0 aliphatic heterocycles. The predicted molar refractivity (Wildman–Crippen MR) is 62.5 cm³/mol. The quantitative estimate of drug-likeness (QED) is 0.575. The van der Waals surface area contributed by atoms with E-state index in [-0.39, 0.29) is 0 Å². The molecule has 1 atom stereocenters. The summed E-state index contributed by atoms with van der Waals surface area (Å²) in [5.41, 5.74) is 1.46. The Labute approximate surface area is 88.4 Å². The number of hydrogen-bond donors (Lipinski definition) is 0. The van der Waals surface area contributed by atoms with Crippen molar-refractivity contribution in [1.82, 2.24) is 0 Å². The van der Waals surface area contributed by atoms with Crippen molar-refractivity contribution < 1.29 is 0 Å². The minimum Gasteiger partial charge on any atom is -0.0654 e. The number of unbranched alkanes of at least 4 members (excludes halogenated alkanes) is 3. The van der Waals surface area contributed by atoms with Crippen molar-refractivity contribution in [3.8, 4) is 0 Å². The summed E-state index contributed by atoms with van der Waals surface area (Å²) in [6.07, 6.45) is 6.79. The van der Waals surface area contributed by atoms with Crippen LogP contribution in [-0.4, -0.2) is 0 Å². The van der Waals surface area contributed by atoms with E-state index in [1.807, 2.05) is 12.1 Å². The normalized spacial score (nSPS) is 12.7. The van der Waals surface area contributed by atoms with Gasteiger partial charge in [-0.3, -0.25) is 0 Å². The molecule has 1 aromatic rings. The minimum absolute atomic E-state index is 0.710. The van der Waals surface area contributed by atoms with E-state index in [1.165, 1.54) is 37.7 Å². The van der Waals surface area contributed by atoms with Gasteiger partial charge in [0, 0.05) is 0 Å². The van der Waals surface area contributed by atoms with E-state index in [0.717, 1.165) is 0 Å². The lowest BCUT2D eigenvalue weighted by Gasteiger charge is -2.10. The minimum atomic E-state index is 0.710. The van der Waals surface area contributed by atoms with Gasteiger partial charge in [0.25, 0.3) is 0 Å². The van der Waals surface area contributed by atoms with Crippen molar-refractivity contribution in [2.75, 3.05) is 0 Å². The highest BCUT2D eigenvalue weighted by molar-refractivity contribution is 5.17. The summed E-state index contributed by atoms with van der Waals surface area (Å²) in [4.78, 5) is 0. The molecule has 0 fully saturated rings. The van der Waals surface area contributed by atoms with Gasteiger partial charge in [-0.1, -0.05) is 63.8 Å². The van der Waals surface area contributed by atoms with Crippen LogP contribution >= 0.6 is 0 Å². The lowest BCUT2D eigenvalue weighted by Crippen LogP contribution is -1.93. The Morgan fingerprint density at radius 2 is 1.86 bits per heavy atom. The SMILES string of the molecule is CCCCCCC(C)c1cc[c]cc1. The molecule has 0 heteroatoms. The van der Waals surface area contributed by atoms with Crippen LogP contribution in [0.5, 0.6) is 0 Å². The fourth-order valence-corrected chi connectivity index (χ4v) is 1.77. The van der Waals surface area contributed by atoms with Crippen molar-refractivity contribution in [3.63, 3.8) is 0 Å². The van der Waals surface area contributed by atoms with Crippen LogP contribution in [0.25, 0.3) is 0 Å². The second-order valence-electron chi connectivity index (χ2n) is 4.08. The van der Waals surface area contributed by atoms with E-state index < -0.39 is 0 Å². The molecule has 14 heavy (non-hydrogen) atoms. The Morgan fingerprint density at radius 1 is 1.14 bits per heavy atom. The van der Waals surface area contributed by atoms with E-state index in [1.54, 1.807) is 0 Å². The molecule has 1 rings (SSSR count). The van der Waals surface area contributed by atoms with Gasteiger partial charge in [-0.05, 0) is 24.0 Å². The predicted octanol–water partition coefficient (Wildman–Crippen LogP) is 4.56. The van der Waals surface area contributed by atoms with Gasteiger partial charge in [0.1, 0.15) is 0 Å². The maximum atomic E-state index is 3.06. The highest BCUT2D eigenvalue weighted by atomic mass is 14.1. The Balaban J connectivity index is 2.25. The number of rotatable bonds is 6. The van der Waals surface area contributed by atoms with Crippen LogP contribution in [0.2, 0.25) is 0 Å². The first kappa shape index (κ1) is 11.3. The fraction of sp³-hybridized carbons (Fsp3) is 0.571. The monoisotopic (exact) mass is 189 g/mol. The maximum Gasteiger partial charge on any atom is -0.0184 e. The summed E-state index contributed by atoms with van der Waals surface area (Å²) in [6.45, 7) is 4.58. The smallest absolute Gasteiger partial charge is 0.0184 e. The Hall–Kier alpha value is -0.780. The fourth-order valence-electron chi connectivity index (χ4n) is 1.77. The van der Waals surface area contributed by atoms with E-state index in [0.29, 0.717) is 5.92 Å². The first-order chi connectivity index (χ1) is 6.84. The Kier molecular flexibility index (Phi) is 5.36. The first-order valence-electron chi connectivity index (χ1n) is 5.80. The molecule has 0 spiro atoms. The van der Waals surface area contributed by atoms with Gasteiger partial charge < -0.3 is 0 Å². The van der Waals surface area contributed by atoms with Crippen LogP contribution in [0.4, 0.5) is 0 Å². The summed E-state index contributed by atoms with van der Waals surface area (Å²) < 4.78 is 0. The number of benzene rings is 1. The van der Waals surface area contributed by atoms with E-state index in [4.69, 9.17) is 0 Å². The second kappa shape index (κ2) is 6.64. The van der Waals surface area contributed by atoms with Gasteiger partial charge in [-0.15, -0.1) is 0 Å². The topological polar surface area (TPSA) is 0 Å². The van der Waals surface area contributed by atoms with Crippen molar-refractivity contribution in [2.45, 2.75) is 51.9 Å². The molecule has 1 aromatic carbocycles. The highest BCUT2D eigenvalue weighted by Gasteiger charge is 2.03. The molecule has 1 unspecified atom stereocenters. The van der Waals surface area contributed by atoms with Gasteiger partial charge in [-0.2, -0.15) is 0 Å². The van der Waals surface area contributed by atoms with Gasteiger partial charge >= 0.3 is 0 Å². The third kappa shape index (κ3) is 3.95. The summed E-state index contributed by atoms with van der Waals surface area (Å²) in [5.74, 6) is 0.710. The Bertz CT molecular complexity index is 225. The molecular weight excluding hydrogens is 168 g/mol. The first-order valence-corrected chi connectivity index (χ1v) is 5.80. The molecule has 0 bridgehead atoms. The van der Waals surface area contributed by atoms with Gasteiger partial charge in [0.2, 0.25) is 0 Å². The van der Waals surface area contributed by atoms with Crippen molar-refractivity contribution in [1.29, 1.82) is 0 Å². The zero-order valence-electron chi connectivity index (χ0n) is 9.42. The number of hydrogen-bond acceptors (Lipinski definition) is 0. The van der Waals surface area contributed by atoms with Gasteiger partial charge in [-0.25, -0.2) is 0 Å². The van der Waals surface area contributed by atoms with Crippen molar-refractivity contribution in [2.24, 2.45) is 0 Å². The van der Waals surface area contributed by atoms with Crippen molar-refractivity contribution in [3.05, 3.63) is 35.9 Å². The highest BCUT2D eigenvalue weighted by Crippen LogP contribution is 2.21. The lowest BCUT2D eigenvalue weighted by molar-refractivity contribution is 0.580. The molecular formula is C14H21. The van der Waals surface area contributed by atoms with Crippen LogP contribution in [0, 0.1) is 6.07 Å². The van der Waals surface area contributed by atoms with E-state index in [9.17, 15) is 0 Å². The van der Waals surface area contributed by atoms with Crippen LogP contribution in [0.15, 0.2) is 24.3 Å². The van der Waals surface area contributed by atoms with Gasteiger partial charge in [0.15, 0.2) is 0 Å². The average Bonchev–Trinajstić information content (AvgIpc) is 2.25. The molecule has 0 amide bonds. The second-order valence-corrected chi connectivity index (χ2v) is 4.08. The largest absolute Gasteiger partial charge is 0.0654 e. The van der Waals surface area contributed by atoms with Crippen LogP contribution in [-0.2, 0) is 0 Å². The molecule has 0 saturated carbocycles. The summed E-state index contributed by atoms with van der Waals surface area (Å²) in [5, 5.41) is 0. The zero-order chi connectivity index (χ0) is 10.2. The molecule has 0 aliphatic carbocycles. The lowest BCUT2D eigenvalue weighted by atomic mass is 9.95.